The van der Waals surface area contributed by atoms with E-state index >= 15 is 0 Å². The third kappa shape index (κ3) is 7.74. The largest absolute Gasteiger partial charge is 0.573 e. The normalized spacial score (nSPS) is 14.9. The van der Waals surface area contributed by atoms with Crippen molar-refractivity contribution in [3.63, 3.8) is 0 Å². The number of amides is 1. The molecule has 2 aromatic rings. The number of para-hydroxylation sites is 1. The molecular weight excluding hydrogens is 493 g/mol. The summed E-state index contributed by atoms with van der Waals surface area (Å²) in [4.78, 5) is 13.0. The lowest BCUT2D eigenvalue weighted by atomic mass is 10.0. The highest BCUT2D eigenvalue weighted by Crippen LogP contribution is 2.36. The highest BCUT2D eigenvalue weighted by atomic mass is 32.1. The number of carbonyl (C=O) groups is 1. The summed E-state index contributed by atoms with van der Waals surface area (Å²) in [5.41, 5.74) is 7.91. The summed E-state index contributed by atoms with van der Waals surface area (Å²) < 4.78 is 52.9. The van der Waals surface area contributed by atoms with Crippen LogP contribution in [0.25, 0.3) is 11.6 Å². The van der Waals surface area contributed by atoms with Crippen molar-refractivity contribution >= 4 is 30.2 Å². The van der Waals surface area contributed by atoms with E-state index in [0.717, 1.165) is 25.0 Å². The van der Waals surface area contributed by atoms with E-state index < -0.39 is 18.0 Å². The minimum absolute atomic E-state index is 0.0580. The maximum Gasteiger partial charge on any atom is 0.573 e. The summed E-state index contributed by atoms with van der Waals surface area (Å²) in [5, 5.41) is 4.05. The first-order chi connectivity index (χ1) is 17.1. The van der Waals surface area contributed by atoms with Gasteiger partial charge in [0.25, 0.3) is 5.91 Å². The van der Waals surface area contributed by atoms with Gasteiger partial charge in [0.15, 0.2) is 11.5 Å². The van der Waals surface area contributed by atoms with Crippen molar-refractivity contribution in [2.75, 3.05) is 13.7 Å². The van der Waals surface area contributed by atoms with Crippen molar-refractivity contribution in [3.05, 3.63) is 76.5 Å². The molecule has 2 aromatic carbocycles. The van der Waals surface area contributed by atoms with E-state index in [4.69, 9.17) is 15.2 Å². The fourth-order valence-electron chi connectivity index (χ4n) is 3.25. The molecule has 0 saturated heterocycles. The number of nitrogens with two attached hydrogens (primary N) is 1. The Morgan fingerprint density at radius 3 is 2.47 bits per heavy atom. The minimum atomic E-state index is -4.83. The average molecular weight is 521 g/mol. The molecule has 36 heavy (non-hydrogen) atoms. The summed E-state index contributed by atoms with van der Waals surface area (Å²) in [6.07, 6.45) is 0.649. The molecule has 192 valence electrons. The number of rotatable bonds is 10. The highest BCUT2D eigenvalue weighted by molar-refractivity contribution is 7.83. The van der Waals surface area contributed by atoms with Crippen molar-refractivity contribution in [2.24, 2.45) is 11.7 Å². The maximum atomic E-state index is 13.0. The molecule has 1 aliphatic carbocycles. The van der Waals surface area contributed by atoms with Gasteiger partial charge >= 0.3 is 6.36 Å². The van der Waals surface area contributed by atoms with Crippen LogP contribution in [0.1, 0.15) is 30.9 Å². The summed E-state index contributed by atoms with van der Waals surface area (Å²) in [5.74, 6) is 0.678. The predicted molar refractivity (Wildman–Crippen MR) is 135 cm³/mol. The van der Waals surface area contributed by atoms with Crippen LogP contribution in [0.3, 0.4) is 0 Å². The van der Waals surface area contributed by atoms with Gasteiger partial charge in [-0.25, -0.2) is 0 Å². The van der Waals surface area contributed by atoms with Gasteiger partial charge in [-0.3, -0.25) is 4.79 Å². The second-order valence-electron chi connectivity index (χ2n) is 8.14. The molecule has 0 aromatic heterocycles. The third-order valence-corrected chi connectivity index (χ3v) is 5.62. The number of thiol groups is 1. The lowest BCUT2D eigenvalue weighted by Gasteiger charge is -2.14. The first kappa shape index (κ1) is 27.1. The number of alkyl halides is 3. The topological polar surface area (TPSA) is 82.8 Å². The number of allylic oxidation sites excluding steroid dienone is 2. The van der Waals surface area contributed by atoms with Crippen LogP contribution in [0, 0.1) is 5.92 Å². The Kier molecular flexibility index (Phi) is 8.98. The zero-order chi connectivity index (χ0) is 26.3. The Hall–Kier alpha value is -3.53. The molecule has 0 atom stereocenters. The number of ether oxygens (including phenoxy) is 3. The molecule has 0 heterocycles. The van der Waals surface area contributed by atoms with Crippen LogP contribution in [0.4, 0.5) is 13.2 Å². The number of halogens is 3. The molecule has 1 saturated carbocycles. The maximum absolute atomic E-state index is 13.0. The number of hydrogen-bond acceptors (Lipinski definition) is 6. The van der Waals surface area contributed by atoms with E-state index in [1.807, 2.05) is 6.07 Å². The van der Waals surface area contributed by atoms with E-state index in [1.54, 1.807) is 32.2 Å². The van der Waals surface area contributed by atoms with Gasteiger partial charge in [0, 0.05) is 17.0 Å². The van der Waals surface area contributed by atoms with Crippen LogP contribution >= 0.6 is 12.6 Å². The second-order valence-corrected chi connectivity index (χ2v) is 8.39. The SMILES string of the molecule is COc1cccc(/C=C/C(N)=C(/C(=O)N/C(C)=C\S)c2ccc(OC(F)(F)F)cc2)c1OCC1CC1. The summed E-state index contributed by atoms with van der Waals surface area (Å²) in [6.45, 7) is 2.20. The summed E-state index contributed by atoms with van der Waals surface area (Å²) >= 11 is 4.02. The molecule has 3 rings (SSSR count). The minimum Gasteiger partial charge on any atom is -0.493 e. The predicted octanol–water partition coefficient (Wildman–Crippen LogP) is 5.67. The number of benzene rings is 2. The highest BCUT2D eigenvalue weighted by Gasteiger charge is 2.31. The number of nitrogens with one attached hydrogen (secondary N) is 1. The van der Waals surface area contributed by atoms with Crippen molar-refractivity contribution in [1.29, 1.82) is 0 Å². The molecule has 1 aliphatic rings. The molecule has 1 amide bonds. The number of carbonyl (C=O) groups excluding carboxylic acids is 1. The molecule has 3 N–H and O–H groups in total. The first-order valence-electron chi connectivity index (χ1n) is 11.1. The van der Waals surface area contributed by atoms with E-state index in [9.17, 15) is 18.0 Å². The summed E-state index contributed by atoms with van der Waals surface area (Å²) in [7, 11) is 1.55. The van der Waals surface area contributed by atoms with Crippen molar-refractivity contribution in [1.82, 2.24) is 5.32 Å². The molecule has 6 nitrogen and oxygen atoms in total. The van der Waals surface area contributed by atoms with E-state index in [2.05, 4.69) is 22.7 Å². The van der Waals surface area contributed by atoms with Crippen LogP contribution in [0.2, 0.25) is 0 Å². The van der Waals surface area contributed by atoms with Gasteiger partial charge in [-0.05, 0) is 67.0 Å². The Morgan fingerprint density at radius 2 is 1.89 bits per heavy atom. The monoisotopic (exact) mass is 520 g/mol. The molecule has 0 aliphatic heterocycles. The molecular formula is C26H27F3N2O4S. The Bertz CT molecular complexity index is 1170. The van der Waals surface area contributed by atoms with Crippen molar-refractivity contribution in [3.8, 4) is 17.2 Å². The quantitative estimate of drug-likeness (QED) is 0.214. The van der Waals surface area contributed by atoms with Crippen LogP contribution in [0.5, 0.6) is 17.2 Å². The second kappa shape index (κ2) is 11.9. The molecule has 0 radical (unpaired) electrons. The van der Waals surface area contributed by atoms with Crippen LogP contribution in [0.15, 0.2) is 65.3 Å². The number of hydrogen-bond donors (Lipinski definition) is 3. The fourth-order valence-corrected chi connectivity index (χ4v) is 3.32. The first-order valence-corrected chi connectivity index (χ1v) is 11.6. The van der Waals surface area contributed by atoms with Gasteiger partial charge in [0.1, 0.15) is 5.75 Å². The Balaban J connectivity index is 1.97. The van der Waals surface area contributed by atoms with Gasteiger partial charge in [-0.1, -0.05) is 24.3 Å². The van der Waals surface area contributed by atoms with Gasteiger partial charge in [0.2, 0.25) is 0 Å². The van der Waals surface area contributed by atoms with Crippen molar-refractivity contribution in [2.45, 2.75) is 26.1 Å². The lowest BCUT2D eigenvalue weighted by Crippen LogP contribution is -2.24. The summed E-state index contributed by atoms with van der Waals surface area (Å²) in [6, 6.07) is 10.3. The molecule has 0 unspecified atom stereocenters. The zero-order valence-corrected chi connectivity index (χ0v) is 20.7. The van der Waals surface area contributed by atoms with E-state index in [-0.39, 0.29) is 11.3 Å². The fraction of sp³-hybridized carbons (Fsp3) is 0.269. The van der Waals surface area contributed by atoms with Crippen molar-refractivity contribution < 1.29 is 32.2 Å². The lowest BCUT2D eigenvalue weighted by molar-refractivity contribution is -0.274. The van der Waals surface area contributed by atoms with Gasteiger partial charge < -0.3 is 25.3 Å². The van der Waals surface area contributed by atoms with Crippen LogP contribution in [-0.4, -0.2) is 26.0 Å². The number of methoxy groups -OCH3 is 1. The van der Waals surface area contributed by atoms with Gasteiger partial charge in [-0.15, -0.1) is 25.8 Å². The van der Waals surface area contributed by atoms with Crippen LogP contribution < -0.4 is 25.3 Å². The van der Waals surface area contributed by atoms with E-state index in [1.165, 1.54) is 23.6 Å². The molecule has 0 spiro atoms. The smallest absolute Gasteiger partial charge is 0.493 e. The van der Waals surface area contributed by atoms with Gasteiger partial charge in [0.05, 0.1) is 19.3 Å². The van der Waals surface area contributed by atoms with Crippen LogP contribution in [-0.2, 0) is 4.79 Å². The molecule has 10 heteroatoms. The molecule has 1 fully saturated rings. The average Bonchev–Trinajstić information content (AvgIpc) is 3.66. The standard InChI is InChI=1S/C26H27F3N2O4S/c1-16(15-36)31-25(32)23(18-8-11-20(12-9-18)35-26(27,28)29)21(30)13-10-19-4-3-5-22(33-2)24(19)34-14-17-6-7-17/h3-5,8-13,15,17,36H,6-7,14,30H2,1-2H3,(H,31,32)/b13-10+,16-15-,23-21-. The van der Waals surface area contributed by atoms with Gasteiger partial charge in [-0.2, -0.15) is 0 Å². The molecule has 0 bridgehead atoms. The van der Waals surface area contributed by atoms with E-state index in [0.29, 0.717) is 40.8 Å². The zero-order valence-electron chi connectivity index (χ0n) is 19.8. The third-order valence-electron chi connectivity index (χ3n) is 5.23. The Morgan fingerprint density at radius 1 is 1.19 bits per heavy atom. The Labute approximate surface area is 213 Å².